The van der Waals surface area contributed by atoms with E-state index in [1.807, 2.05) is 0 Å². The van der Waals surface area contributed by atoms with Crippen LogP contribution in [0, 0.1) is 23.2 Å². The molecular weight excluding hydrogens is 260 g/mol. The van der Waals surface area contributed by atoms with Gasteiger partial charge in [0.2, 0.25) is 5.91 Å². The molecule has 21 heavy (non-hydrogen) atoms. The molecule has 3 heteroatoms. The van der Waals surface area contributed by atoms with Gasteiger partial charge in [-0.3, -0.25) is 4.79 Å². The zero-order valence-electron chi connectivity index (χ0n) is 13.8. The van der Waals surface area contributed by atoms with Crippen LogP contribution in [-0.2, 0) is 4.79 Å². The lowest BCUT2D eigenvalue weighted by atomic mass is 9.48. The molecule has 0 aromatic rings. The molecule has 4 fully saturated rings. The van der Waals surface area contributed by atoms with Gasteiger partial charge in [0, 0.05) is 25.6 Å². The largest absolute Gasteiger partial charge is 0.356 e. The first-order valence-electron chi connectivity index (χ1n) is 9.11. The molecule has 0 aromatic carbocycles. The lowest BCUT2D eigenvalue weighted by Gasteiger charge is -2.59. The van der Waals surface area contributed by atoms with Crippen molar-refractivity contribution in [2.75, 3.05) is 13.1 Å². The summed E-state index contributed by atoms with van der Waals surface area (Å²) in [6.45, 7) is 6.10. The van der Waals surface area contributed by atoms with Gasteiger partial charge < -0.3 is 10.6 Å². The predicted molar refractivity (Wildman–Crippen MR) is 86.0 cm³/mol. The van der Waals surface area contributed by atoms with Gasteiger partial charge in [-0.25, -0.2) is 0 Å². The smallest absolute Gasteiger partial charge is 0.221 e. The van der Waals surface area contributed by atoms with Crippen molar-refractivity contribution in [1.29, 1.82) is 0 Å². The molecule has 4 bridgehead atoms. The summed E-state index contributed by atoms with van der Waals surface area (Å²) in [6, 6.07) is 0.574. The van der Waals surface area contributed by atoms with E-state index in [1.165, 1.54) is 38.5 Å². The van der Waals surface area contributed by atoms with E-state index in [4.69, 9.17) is 0 Å². The Morgan fingerprint density at radius 3 is 2.19 bits per heavy atom. The monoisotopic (exact) mass is 292 g/mol. The molecular formula is C18H32N2O. The number of rotatable bonds is 7. The lowest BCUT2D eigenvalue weighted by molar-refractivity contribution is -0.121. The second-order valence-corrected chi connectivity index (χ2v) is 8.06. The highest BCUT2D eigenvalue weighted by atomic mass is 16.1. The molecule has 4 saturated carbocycles. The third-order valence-electron chi connectivity index (χ3n) is 6.38. The first-order valence-corrected chi connectivity index (χ1v) is 9.11. The van der Waals surface area contributed by atoms with Gasteiger partial charge >= 0.3 is 0 Å². The minimum atomic E-state index is 0.196. The maximum atomic E-state index is 11.7. The summed E-state index contributed by atoms with van der Waals surface area (Å²) in [6.07, 6.45) is 10.5. The summed E-state index contributed by atoms with van der Waals surface area (Å²) in [7, 11) is 0. The van der Waals surface area contributed by atoms with Crippen LogP contribution in [0.4, 0.5) is 0 Å². The van der Waals surface area contributed by atoms with Crippen LogP contribution in [0.3, 0.4) is 0 Å². The Labute approximate surface area is 129 Å². The normalized spacial score (nSPS) is 38.5. The van der Waals surface area contributed by atoms with Crippen molar-refractivity contribution in [3.63, 3.8) is 0 Å². The van der Waals surface area contributed by atoms with Gasteiger partial charge in [-0.15, -0.1) is 0 Å². The van der Waals surface area contributed by atoms with Crippen LogP contribution in [0.15, 0.2) is 0 Å². The minimum absolute atomic E-state index is 0.196. The second kappa shape index (κ2) is 6.28. The van der Waals surface area contributed by atoms with E-state index < -0.39 is 0 Å². The maximum Gasteiger partial charge on any atom is 0.221 e. The van der Waals surface area contributed by atoms with Gasteiger partial charge in [0.25, 0.3) is 0 Å². The number of hydrogen-bond acceptors (Lipinski definition) is 2. The average Bonchev–Trinajstić information content (AvgIpc) is 2.43. The molecule has 120 valence electrons. The number of carbonyl (C=O) groups excluding carboxylic acids is 1. The van der Waals surface area contributed by atoms with Crippen molar-refractivity contribution in [2.45, 2.75) is 71.3 Å². The van der Waals surface area contributed by atoms with Crippen molar-refractivity contribution >= 4 is 5.91 Å². The topological polar surface area (TPSA) is 41.1 Å². The fourth-order valence-electron chi connectivity index (χ4n) is 5.68. The van der Waals surface area contributed by atoms with Crippen molar-refractivity contribution in [3.05, 3.63) is 0 Å². The molecule has 0 radical (unpaired) electrons. The fourth-order valence-corrected chi connectivity index (χ4v) is 5.68. The molecule has 0 heterocycles. The van der Waals surface area contributed by atoms with Crippen LogP contribution < -0.4 is 10.6 Å². The Morgan fingerprint density at radius 1 is 1.10 bits per heavy atom. The maximum absolute atomic E-state index is 11.7. The number of amides is 1. The highest BCUT2D eigenvalue weighted by Crippen LogP contribution is 2.61. The van der Waals surface area contributed by atoms with E-state index in [9.17, 15) is 4.79 Å². The predicted octanol–water partition coefficient (Wildman–Crippen LogP) is 3.10. The Morgan fingerprint density at radius 2 is 1.67 bits per heavy atom. The summed E-state index contributed by atoms with van der Waals surface area (Å²) in [5.74, 6) is 3.22. The van der Waals surface area contributed by atoms with E-state index in [0.717, 1.165) is 37.3 Å². The standard InChI is InChI=1S/C18H32N2O/c1-3-5-20-17(21)4-6-19-13(2)18-10-14-7-15(11-18)9-16(8-14)12-18/h13-16,19H,3-12H2,1-2H3,(H,20,21). The summed E-state index contributed by atoms with van der Waals surface area (Å²) in [5, 5.41) is 6.65. The third kappa shape index (κ3) is 3.28. The van der Waals surface area contributed by atoms with Crippen LogP contribution in [0.1, 0.15) is 65.2 Å². The molecule has 3 nitrogen and oxygen atoms in total. The van der Waals surface area contributed by atoms with Gasteiger partial charge in [-0.1, -0.05) is 6.92 Å². The van der Waals surface area contributed by atoms with Gasteiger partial charge in [-0.05, 0) is 75.0 Å². The molecule has 0 aliphatic heterocycles. The first kappa shape index (κ1) is 15.3. The third-order valence-corrected chi connectivity index (χ3v) is 6.38. The quantitative estimate of drug-likeness (QED) is 0.757. The van der Waals surface area contributed by atoms with Crippen molar-refractivity contribution in [3.8, 4) is 0 Å². The lowest BCUT2D eigenvalue weighted by Crippen LogP contribution is -2.55. The molecule has 0 spiro atoms. The molecule has 4 aliphatic carbocycles. The molecule has 1 amide bonds. The minimum Gasteiger partial charge on any atom is -0.356 e. The summed E-state index contributed by atoms with van der Waals surface area (Å²) in [5.41, 5.74) is 0.550. The number of nitrogens with one attached hydrogen (secondary N) is 2. The molecule has 4 aliphatic rings. The Hall–Kier alpha value is -0.570. The van der Waals surface area contributed by atoms with Crippen LogP contribution in [0.5, 0.6) is 0 Å². The molecule has 1 atom stereocenters. The average molecular weight is 292 g/mol. The highest BCUT2D eigenvalue weighted by Gasteiger charge is 2.52. The first-order chi connectivity index (χ1) is 10.1. The number of hydrogen-bond donors (Lipinski definition) is 2. The summed E-state index contributed by atoms with van der Waals surface area (Å²) in [4.78, 5) is 11.7. The Kier molecular flexibility index (Phi) is 4.58. The summed E-state index contributed by atoms with van der Waals surface area (Å²) >= 11 is 0. The molecule has 0 aromatic heterocycles. The van der Waals surface area contributed by atoms with Gasteiger partial charge in [-0.2, -0.15) is 0 Å². The highest BCUT2D eigenvalue weighted by molar-refractivity contribution is 5.75. The van der Waals surface area contributed by atoms with E-state index in [1.54, 1.807) is 0 Å². The van der Waals surface area contributed by atoms with Crippen molar-refractivity contribution < 1.29 is 4.79 Å². The van der Waals surface area contributed by atoms with Crippen molar-refractivity contribution in [1.82, 2.24) is 10.6 Å². The van der Waals surface area contributed by atoms with Gasteiger partial charge in [0.05, 0.1) is 0 Å². The zero-order chi connectivity index (χ0) is 14.9. The van der Waals surface area contributed by atoms with Gasteiger partial charge in [0.1, 0.15) is 0 Å². The zero-order valence-corrected chi connectivity index (χ0v) is 13.8. The van der Waals surface area contributed by atoms with Gasteiger partial charge in [0.15, 0.2) is 0 Å². The Balaban J connectivity index is 1.47. The second-order valence-electron chi connectivity index (χ2n) is 8.06. The molecule has 2 N–H and O–H groups in total. The number of carbonyl (C=O) groups is 1. The SMILES string of the molecule is CCCNC(=O)CCNC(C)C12CC3CC(CC(C3)C1)C2. The van der Waals surface area contributed by atoms with E-state index in [0.29, 0.717) is 17.9 Å². The molecule has 1 unspecified atom stereocenters. The van der Waals surface area contributed by atoms with E-state index in [-0.39, 0.29) is 5.91 Å². The van der Waals surface area contributed by atoms with Crippen LogP contribution >= 0.6 is 0 Å². The van der Waals surface area contributed by atoms with E-state index in [2.05, 4.69) is 24.5 Å². The van der Waals surface area contributed by atoms with E-state index >= 15 is 0 Å². The molecule has 0 saturated heterocycles. The fraction of sp³-hybridized carbons (Fsp3) is 0.944. The van der Waals surface area contributed by atoms with Crippen LogP contribution in [0.2, 0.25) is 0 Å². The van der Waals surface area contributed by atoms with Crippen LogP contribution in [0.25, 0.3) is 0 Å². The Bertz CT molecular complexity index is 344. The summed E-state index contributed by atoms with van der Waals surface area (Å²) < 4.78 is 0. The molecule has 4 rings (SSSR count). The van der Waals surface area contributed by atoms with Crippen molar-refractivity contribution in [2.24, 2.45) is 23.2 Å². The van der Waals surface area contributed by atoms with Crippen LogP contribution in [-0.4, -0.2) is 25.0 Å².